The predicted molar refractivity (Wildman–Crippen MR) is 105 cm³/mol. The van der Waals surface area contributed by atoms with E-state index in [0.717, 1.165) is 43.2 Å². The molecule has 3 rings (SSSR count). The van der Waals surface area contributed by atoms with Gasteiger partial charge < -0.3 is 0 Å². The molecule has 0 radical (unpaired) electrons. The second-order valence-electron chi connectivity index (χ2n) is 6.49. The summed E-state index contributed by atoms with van der Waals surface area (Å²) in [6.07, 6.45) is 4.09. The van der Waals surface area contributed by atoms with Gasteiger partial charge in [0, 0.05) is 0 Å². The summed E-state index contributed by atoms with van der Waals surface area (Å²) < 4.78 is 2.42. The first-order valence-corrected chi connectivity index (χ1v) is 10.7. The van der Waals surface area contributed by atoms with E-state index in [1.165, 1.54) is 10.0 Å². The third-order valence-electron chi connectivity index (χ3n) is 4.67. The molecule has 2 nitrogen and oxygen atoms in total. The van der Waals surface area contributed by atoms with E-state index in [9.17, 15) is 4.79 Å². The van der Waals surface area contributed by atoms with Gasteiger partial charge in [-0.25, -0.2) is 0 Å². The summed E-state index contributed by atoms with van der Waals surface area (Å²) in [7, 11) is 0. The average Bonchev–Trinajstić information content (AvgIpc) is 2.83. The van der Waals surface area contributed by atoms with Crippen LogP contribution in [0.3, 0.4) is 0 Å². The van der Waals surface area contributed by atoms with Gasteiger partial charge in [0.1, 0.15) is 0 Å². The molecule has 1 aliphatic rings. The Morgan fingerprint density at radius 1 is 1.04 bits per heavy atom. The molecule has 1 saturated heterocycles. The Balaban J connectivity index is 1.63. The van der Waals surface area contributed by atoms with Crippen LogP contribution in [-0.4, -0.2) is 38.9 Å². The third kappa shape index (κ3) is 5.07. The topological polar surface area (TPSA) is 20.3 Å². The number of carbonyl (C=O) groups is 1. The van der Waals surface area contributed by atoms with E-state index in [1.54, 1.807) is 0 Å². The Morgan fingerprint density at radius 3 is 2.44 bits per heavy atom. The minimum atomic E-state index is -0.00141. The van der Waals surface area contributed by atoms with E-state index >= 15 is 0 Å². The van der Waals surface area contributed by atoms with Crippen molar-refractivity contribution < 1.29 is 4.79 Å². The summed E-state index contributed by atoms with van der Waals surface area (Å²) in [5, 5.41) is 0. The molecule has 1 unspecified atom stereocenters. The summed E-state index contributed by atoms with van der Waals surface area (Å²) >= 11 is 0.164. The van der Waals surface area contributed by atoms with Crippen molar-refractivity contribution in [3.8, 4) is 0 Å². The second kappa shape index (κ2) is 9.03. The number of hydrogen-bond acceptors (Lipinski definition) is 1. The van der Waals surface area contributed by atoms with Crippen LogP contribution in [-0.2, 0) is 11.2 Å². The van der Waals surface area contributed by atoms with Crippen molar-refractivity contribution in [1.29, 1.82) is 0 Å². The van der Waals surface area contributed by atoms with E-state index in [2.05, 4.69) is 60.0 Å². The summed E-state index contributed by atoms with van der Waals surface area (Å²) in [4.78, 5) is 15.1. The molecule has 0 aromatic heterocycles. The van der Waals surface area contributed by atoms with Gasteiger partial charge in [0.25, 0.3) is 0 Å². The molecule has 0 bridgehead atoms. The molecule has 0 N–H and O–H groups in total. The SMILES string of the molecule is C=C([Se]c1ccccc1)C1CCCCN(CCc2ccccc2)C1=O. The van der Waals surface area contributed by atoms with Crippen LogP contribution < -0.4 is 4.46 Å². The third-order valence-corrected chi connectivity index (χ3v) is 6.89. The first-order valence-electron chi connectivity index (χ1n) is 8.98. The van der Waals surface area contributed by atoms with Gasteiger partial charge in [0.2, 0.25) is 0 Å². The number of amides is 1. The Labute approximate surface area is 157 Å². The van der Waals surface area contributed by atoms with Gasteiger partial charge in [-0.15, -0.1) is 0 Å². The Morgan fingerprint density at radius 2 is 1.72 bits per heavy atom. The Kier molecular flexibility index (Phi) is 6.49. The van der Waals surface area contributed by atoms with Gasteiger partial charge in [-0.1, -0.05) is 0 Å². The first kappa shape index (κ1) is 18.0. The molecule has 0 saturated carbocycles. The summed E-state index contributed by atoms with van der Waals surface area (Å²) in [5.74, 6) is 0.287. The number of hydrogen-bond donors (Lipinski definition) is 0. The molecular weight excluding hydrogens is 373 g/mol. The minimum absolute atomic E-state index is 0.00141. The van der Waals surface area contributed by atoms with Gasteiger partial charge >= 0.3 is 157 Å². The first-order chi connectivity index (χ1) is 12.2. The molecule has 1 aliphatic heterocycles. The fourth-order valence-electron chi connectivity index (χ4n) is 3.25. The van der Waals surface area contributed by atoms with Crippen molar-refractivity contribution in [3.63, 3.8) is 0 Å². The number of likely N-dealkylation sites (tertiary alicyclic amines) is 1. The van der Waals surface area contributed by atoms with Gasteiger partial charge in [-0.2, -0.15) is 0 Å². The predicted octanol–water partition coefficient (Wildman–Crippen LogP) is 3.40. The average molecular weight is 398 g/mol. The van der Waals surface area contributed by atoms with Crippen molar-refractivity contribution in [2.75, 3.05) is 13.1 Å². The van der Waals surface area contributed by atoms with Crippen LogP contribution in [0, 0.1) is 5.92 Å². The van der Waals surface area contributed by atoms with E-state index in [-0.39, 0.29) is 26.8 Å². The molecule has 25 heavy (non-hydrogen) atoms. The van der Waals surface area contributed by atoms with E-state index in [0.29, 0.717) is 0 Å². The Bertz CT molecular complexity index is 698. The van der Waals surface area contributed by atoms with Crippen LogP contribution in [0.4, 0.5) is 0 Å². The van der Waals surface area contributed by atoms with Crippen LogP contribution >= 0.6 is 0 Å². The summed E-state index contributed by atoms with van der Waals surface area (Å²) in [6, 6.07) is 20.9. The molecule has 0 spiro atoms. The normalized spacial score (nSPS) is 18.0. The zero-order valence-corrected chi connectivity index (χ0v) is 16.3. The zero-order chi connectivity index (χ0) is 17.5. The molecule has 1 atom stereocenters. The quantitative estimate of drug-likeness (QED) is 0.683. The standard InChI is InChI=1S/C22H25NOSe/c1-18(25-20-12-6-3-7-13-20)21-14-8-9-16-23(22(21)24)17-15-19-10-4-2-5-11-19/h2-7,10-13,21H,1,8-9,14-17H2. The van der Waals surface area contributed by atoms with Crippen molar-refractivity contribution in [2.45, 2.75) is 25.7 Å². The fourth-order valence-corrected chi connectivity index (χ4v) is 5.25. The van der Waals surface area contributed by atoms with Crippen molar-refractivity contribution in [1.82, 2.24) is 4.90 Å². The monoisotopic (exact) mass is 399 g/mol. The van der Waals surface area contributed by atoms with E-state index < -0.39 is 0 Å². The van der Waals surface area contributed by atoms with Gasteiger partial charge in [-0.05, 0) is 0 Å². The second-order valence-corrected chi connectivity index (χ2v) is 9.01. The number of nitrogens with zero attached hydrogens (tertiary/aromatic N) is 1. The van der Waals surface area contributed by atoms with Crippen LogP contribution in [0.15, 0.2) is 71.7 Å². The van der Waals surface area contributed by atoms with Gasteiger partial charge in [0.15, 0.2) is 0 Å². The van der Waals surface area contributed by atoms with Crippen LogP contribution in [0.1, 0.15) is 24.8 Å². The molecule has 1 fully saturated rings. The number of rotatable bonds is 6. The Hall–Kier alpha value is -1.83. The maximum absolute atomic E-state index is 13.1. The van der Waals surface area contributed by atoms with Crippen molar-refractivity contribution in [2.24, 2.45) is 5.92 Å². The molecule has 1 heterocycles. The fraction of sp³-hybridized carbons (Fsp3) is 0.318. The van der Waals surface area contributed by atoms with Crippen LogP contribution in [0.25, 0.3) is 0 Å². The van der Waals surface area contributed by atoms with Crippen molar-refractivity contribution >= 4 is 25.3 Å². The molecule has 2 aromatic carbocycles. The van der Waals surface area contributed by atoms with Crippen molar-refractivity contribution in [3.05, 3.63) is 77.3 Å². The van der Waals surface area contributed by atoms with E-state index in [4.69, 9.17) is 0 Å². The summed E-state index contributed by atoms with van der Waals surface area (Å²) in [5.41, 5.74) is 1.29. The zero-order valence-electron chi connectivity index (χ0n) is 14.6. The maximum atomic E-state index is 13.1. The summed E-state index contributed by atoms with van der Waals surface area (Å²) in [6.45, 7) is 5.99. The van der Waals surface area contributed by atoms with Crippen LogP contribution in [0.2, 0.25) is 0 Å². The van der Waals surface area contributed by atoms with E-state index in [1.807, 2.05) is 12.1 Å². The molecule has 2 aromatic rings. The van der Waals surface area contributed by atoms with Crippen LogP contribution in [0.5, 0.6) is 0 Å². The van der Waals surface area contributed by atoms with Gasteiger partial charge in [-0.3, -0.25) is 0 Å². The molecular formula is C22H25NOSe. The molecule has 3 heteroatoms. The molecule has 1 amide bonds. The molecule has 0 aliphatic carbocycles. The number of carbonyl (C=O) groups excluding carboxylic acids is 1. The molecule has 130 valence electrons. The number of benzene rings is 2. The van der Waals surface area contributed by atoms with Gasteiger partial charge in [0.05, 0.1) is 0 Å².